The van der Waals surface area contributed by atoms with E-state index in [2.05, 4.69) is 48.7 Å². The van der Waals surface area contributed by atoms with Crippen LogP contribution < -0.4 is 4.74 Å². The molecule has 0 saturated carbocycles. The van der Waals surface area contributed by atoms with Crippen molar-refractivity contribution in [3.05, 3.63) is 54.1 Å². The van der Waals surface area contributed by atoms with Crippen LogP contribution in [0.2, 0.25) is 0 Å². The van der Waals surface area contributed by atoms with Crippen molar-refractivity contribution >= 4 is 22.8 Å². The van der Waals surface area contributed by atoms with Gasteiger partial charge in [0.1, 0.15) is 5.75 Å². The average Bonchev–Trinajstić information content (AvgIpc) is 2.90. The normalized spacial score (nSPS) is 11.0. The molecule has 0 aliphatic heterocycles. The van der Waals surface area contributed by atoms with Gasteiger partial charge in [0, 0.05) is 12.3 Å². The molecule has 0 fully saturated rings. The summed E-state index contributed by atoms with van der Waals surface area (Å²) in [7, 11) is 0. The number of aromatic nitrogens is 2. The molecule has 0 aliphatic rings. The largest absolute Gasteiger partial charge is 0.493 e. The summed E-state index contributed by atoms with van der Waals surface area (Å²) in [5, 5.41) is 1.07. The Morgan fingerprint density at radius 3 is 2.64 bits per heavy atom. The second kappa shape index (κ2) is 6.88. The minimum absolute atomic E-state index is 0.681. The lowest BCUT2D eigenvalue weighted by atomic mass is 10.2. The zero-order valence-electron chi connectivity index (χ0n) is 13.0. The van der Waals surface area contributed by atoms with Gasteiger partial charge in [0.15, 0.2) is 5.16 Å². The molecule has 4 heteroatoms. The van der Waals surface area contributed by atoms with Crippen molar-refractivity contribution in [2.45, 2.75) is 25.5 Å². The minimum atomic E-state index is 0.681. The first kappa shape index (κ1) is 15.0. The smallest absolute Gasteiger partial charge is 0.169 e. The lowest BCUT2D eigenvalue weighted by Gasteiger charge is -2.07. The molecule has 0 N–H and O–H groups in total. The molecular weight excluding hydrogens is 292 g/mol. The van der Waals surface area contributed by atoms with Gasteiger partial charge in [-0.05, 0) is 38.1 Å². The van der Waals surface area contributed by atoms with Gasteiger partial charge in [0.25, 0.3) is 0 Å². The third-order valence-electron chi connectivity index (χ3n) is 3.54. The van der Waals surface area contributed by atoms with Crippen molar-refractivity contribution in [2.75, 3.05) is 12.4 Å². The summed E-state index contributed by atoms with van der Waals surface area (Å²) < 4.78 is 8.03. The number of benzene rings is 2. The summed E-state index contributed by atoms with van der Waals surface area (Å²) in [6, 6.07) is 16.4. The number of nitrogens with zero attached hydrogens (tertiary/aromatic N) is 2. The zero-order valence-corrected chi connectivity index (χ0v) is 13.8. The summed E-state index contributed by atoms with van der Waals surface area (Å²) in [5.74, 6) is 1.81. The van der Waals surface area contributed by atoms with Crippen LogP contribution in [0.1, 0.15) is 12.5 Å². The number of thioether (sulfide) groups is 1. The Hall–Kier alpha value is -1.94. The second-order valence-electron chi connectivity index (χ2n) is 5.14. The number of para-hydroxylation sites is 2. The van der Waals surface area contributed by atoms with Gasteiger partial charge in [0.2, 0.25) is 0 Å². The lowest BCUT2D eigenvalue weighted by Crippen LogP contribution is -2.02. The fraction of sp³-hybridized carbons (Fsp3) is 0.278. The molecule has 0 radical (unpaired) electrons. The second-order valence-corrected chi connectivity index (χ2v) is 6.20. The van der Waals surface area contributed by atoms with E-state index in [1.165, 1.54) is 11.1 Å². The molecule has 0 aliphatic carbocycles. The van der Waals surface area contributed by atoms with E-state index in [4.69, 9.17) is 9.72 Å². The molecule has 22 heavy (non-hydrogen) atoms. The summed E-state index contributed by atoms with van der Waals surface area (Å²) in [4.78, 5) is 4.71. The van der Waals surface area contributed by atoms with E-state index in [1.54, 1.807) is 11.8 Å². The Morgan fingerprint density at radius 2 is 1.86 bits per heavy atom. The molecule has 0 bridgehead atoms. The Morgan fingerprint density at radius 1 is 1.09 bits per heavy atom. The number of hydrogen-bond donors (Lipinski definition) is 0. The SMILES string of the molecule is CCn1c(SCCOc2ccc(C)cc2)nc2ccccc21. The third-order valence-corrected chi connectivity index (χ3v) is 4.48. The van der Waals surface area contributed by atoms with Crippen LogP contribution in [-0.2, 0) is 6.54 Å². The van der Waals surface area contributed by atoms with E-state index in [0.29, 0.717) is 6.61 Å². The van der Waals surface area contributed by atoms with E-state index in [1.807, 2.05) is 18.2 Å². The number of hydrogen-bond acceptors (Lipinski definition) is 3. The fourth-order valence-electron chi connectivity index (χ4n) is 2.40. The Bertz CT molecular complexity index is 749. The maximum atomic E-state index is 5.77. The van der Waals surface area contributed by atoms with Crippen LogP contribution >= 0.6 is 11.8 Å². The molecule has 1 aromatic heterocycles. The predicted molar refractivity (Wildman–Crippen MR) is 92.8 cm³/mol. The third kappa shape index (κ3) is 3.28. The van der Waals surface area contributed by atoms with Crippen LogP contribution in [-0.4, -0.2) is 21.9 Å². The summed E-state index contributed by atoms with van der Waals surface area (Å²) in [5.41, 5.74) is 3.51. The molecule has 0 spiro atoms. The highest BCUT2D eigenvalue weighted by Gasteiger charge is 2.09. The molecule has 3 aromatic rings. The Kier molecular flexibility index (Phi) is 4.68. The molecule has 1 heterocycles. The van der Waals surface area contributed by atoms with Crippen molar-refractivity contribution in [2.24, 2.45) is 0 Å². The molecule has 0 saturated heterocycles. The first-order chi connectivity index (χ1) is 10.8. The topological polar surface area (TPSA) is 27.1 Å². The number of aryl methyl sites for hydroxylation is 2. The monoisotopic (exact) mass is 312 g/mol. The van der Waals surface area contributed by atoms with Crippen molar-refractivity contribution in [3.63, 3.8) is 0 Å². The van der Waals surface area contributed by atoms with Gasteiger partial charge < -0.3 is 9.30 Å². The summed E-state index contributed by atoms with van der Waals surface area (Å²) >= 11 is 1.75. The van der Waals surface area contributed by atoms with Crippen molar-refractivity contribution in [1.29, 1.82) is 0 Å². The van der Waals surface area contributed by atoms with Gasteiger partial charge in [-0.3, -0.25) is 0 Å². The van der Waals surface area contributed by atoms with Gasteiger partial charge in [-0.2, -0.15) is 0 Å². The molecule has 114 valence electrons. The van der Waals surface area contributed by atoms with Gasteiger partial charge in [-0.1, -0.05) is 41.6 Å². The maximum Gasteiger partial charge on any atom is 0.169 e. The highest BCUT2D eigenvalue weighted by molar-refractivity contribution is 7.99. The lowest BCUT2D eigenvalue weighted by molar-refractivity contribution is 0.343. The molecule has 3 rings (SSSR count). The predicted octanol–water partition coefficient (Wildman–Crippen LogP) is 4.54. The van der Waals surface area contributed by atoms with E-state index >= 15 is 0 Å². The van der Waals surface area contributed by atoms with E-state index in [9.17, 15) is 0 Å². The zero-order chi connectivity index (χ0) is 15.4. The summed E-state index contributed by atoms with van der Waals surface area (Å²) in [6.07, 6.45) is 0. The first-order valence-electron chi connectivity index (χ1n) is 7.55. The van der Waals surface area contributed by atoms with Crippen molar-refractivity contribution in [3.8, 4) is 5.75 Å². The fourth-order valence-corrected chi connectivity index (χ4v) is 3.29. The highest BCUT2D eigenvalue weighted by Crippen LogP contribution is 2.24. The van der Waals surface area contributed by atoms with Crippen LogP contribution in [0.15, 0.2) is 53.7 Å². The van der Waals surface area contributed by atoms with Crippen LogP contribution in [0.25, 0.3) is 11.0 Å². The quantitative estimate of drug-likeness (QED) is 0.494. The van der Waals surface area contributed by atoms with Gasteiger partial charge in [0.05, 0.1) is 17.6 Å². The number of imidazole rings is 1. The standard InChI is InChI=1S/C18H20N2OS/c1-3-20-17-7-5-4-6-16(17)19-18(20)22-13-12-21-15-10-8-14(2)9-11-15/h4-11H,3,12-13H2,1-2H3. The van der Waals surface area contributed by atoms with Crippen LogP contribution in [0.5, 0.6) is 5.75 Å². The van der Waals surface area contributed by atoms with Crippen molar-refractivity contribution in [1.82, 2.24) is 9.55 Å². The number of rotatable bonds is 6. The molecular formula is C18H20N2OS. The molecule has 3 nitrogen and oxygen atoms in total. The Labute approximate surface area is 135 Å². The van der Waals surface area contributed by atoms with Gasteiger partial charge >= 0.3 is 0 Å². The molecule has 0 amide bonds. The highest BCUT2D eigenvalue weighted by atomic mass is 32.2. The van der Waals surface area contributed by atoms with E-state index < -0.39 is 0 Å². The van der Waals surface area contributed by atoms with Crippen LogP contribution in [0.3, 0.4) is 0 Å². The summed E-state index contributed by atoms with van der Waals surface area (Å²) in [6.45, 7) is 5.85. The van der Waals surface area contributed by atoms with Gasteiger partial charge in [-0.15, -0.1) is 0 Å². The molecule has 0 atom stereocenters. The van der Waals surface area contributed by atoms with E-state index in [0.717, 1.165) is 28.7 Å². The van der Waals surface area contributed by atoms with Gasteiger partial charge in [-0.25, -0.2) is 4.98 Å². The van der Waals surface area contributed by atoms with Crippen LogP contribution in [0, 0.1) is 6.92 Å². The number of ether oxygens (including phenoxy) is 1. The maximum absolute atomic E-state index is 5.77. The molecule has 2 aromatic carbocycles. The minimum Gasteiger partial charge on any atom is -0.493 e. The first-order valence-corrected chi connectivity index (χ1v) is 8.54. The van der Waals surface area contributed by atoms with Crippen molar-refractivity contribution < 1.29 is 4.74 Å². The Balaban J connectivity index is 1.60. The molecule has 0 unspecified atom stereocenters. The average molecular weight is 312 g/mol. The number of fused-ring (bicyclic) bond motifs is 1. The van der Waals surface area contributed by atoms with E-state index in [-0.39, 0.29) is 0 Å². The van der Waals surface area contributed by atoms with Crippen LogP contribution in [0.4, 0.5) is 0 Å².